The van der Waals surface area contributed by atoms with Gasteiger partial charge in [0.2, 0.25) is 0 Å². The first-order chi connectivity index (χ1) is 10.2. The lowest BCUT2D eigenvalue weighted by atomic mass is 10.1. The maximum atomic E-state index is 6.22. The van der Waals surface area contributed by atoms with Crippen molar-refractivity contribution in [1.29, 1.82) is 0 Å². The van der Waals surface area contributed by atoms with E-state index < -0.39 is 0 Å². The van der Waals surface area contributed by atoms with Gasteiger partial charge in [0.15, 0.2) is 5.82 Å². The molecule has 4 nitrogen and oxygen atoms in total. The molecule has 1 aliphatic rings. The van der Waals surface area contributed by atoms with Gasteiger partial charge in [0.1, 0.15) is 5.65 Å². The minimum atomic E-state index is 0.198. The predicted molar refractivity (Wildman–Crippen MR) is 87.8 cm³/mol. The Hall–Kier alpha value is -1.55. The molecular weight excluding hydrogens is 260 g/mol. The van der Waals surface area contributed by atoms with Crippen LogP contribution in [0.2, 0.25) is 0 Å². The molecule has 4 heteroatoms. The Labute approximate surface area is 127 Å². The van der Waals surface area contributed by atoms with Crippen LogP contribution in [-0.4, -0.2) is 28.5 Å². The van der Waals surface area contributed by atoms with Crippen LogP contribution in [0, 0.1) is 5.92 Å². The number of imidazole rings is 1. The van der Waals surface area contributed by atoms with Crippen LogP contribution in [-0.2, 0) is 6.42 Å². The zero-order chi connectivity index (χ0) is 14.8. The van der Waals surface area contributed by atoms with E-state index in [2.05, 4.69) is 41.5 Å². The summed E-state index contributed by atoms with van der Waals surface area (Å²) in [5.74, 6) is 2.00. The summed E-state index contributed by atoms with van der Waals surface area (Å²) in [7, 11) is 0. The molecule has 1 unspecified atom stereocenters. The SMILES string of the molecule is CCC(N)Cc1c(N(CC)CC2CC2)nc2ccccn12. The van der Waals surface area contributed by atoms with Crippen LogP contribution in [0.25, 0.3) is 5.65 Å². The van der Waals surface area contributed by atoms with Crippen LogP contribution in [0.5, 0.6) is 0 Å². The molecule has 0 bridgehead atoms. The lowest BCUT2D eigenvalue weighted by Gasteiger charge is -2.22. The molecule has 0 radical (unpaired) electrons. The van der Waals surface area contributed by atoms with E-state index in [0.717, 1.165) is 43.3 Å². The molecule has 2 aromatic heterocycles. The fourth-order valence-corrected chi connectivity index (χ4v) is 2.85. The third-order valence-corrected chi connectivity index (χ3v) is 4.44. The third kappa shape index (κ3) is 3.05. The number of hydrogen-bond acceptors (Lipinski definition) is 3. The van der Waals surface area contributed by atoms with E-state index in [0.29, 0.717) is 0 Å². The first kappa shape index (κ1) is 14.4. The summed E-state index contributed by atoms with van der Waals surface area (Å²) in [6, 6.07) is 6.39. The number of anilines is 1. The first-order valence-corrected chi connectivity index (χ1v) is 8.19. The highest BCUT2D eigenvalue weighted by Gasteiger charge is 2.26. The van der Waals surface area contributed by atoms with E-state index in [1.807, 2.05) is 6.07 Å². The molecule has 2 N–H and O–H groups in total. The summed E-state index contributed by atoms with van der Waals surface area (Å²) in [5, 5.41) is 0. The number of pyridine rings is 1. The van der Waals surface area contributed by atoms with Crippen LogP contribution in [0.1, 0.15) is 38.8 Å². The van der Waals surface area contributed by atoms with Crippen LogP contribution in [0.4, 0.5) is 5.82 Å². The van der Waals surface area contributed by atoms with Gasteiger partial charge in [-0.25, -0.2) is 4.98 Å². The molecule has 1 atom stereocenters. The van der Waals surface area contributed by atoms with E-state index in [4.69, 9.17) is 10.7 Å². The van der Waals surface area contributed by atoms with Crippen LogP contribution in [0.15, 0.2) is 24.4 Å². The van der Waals surface area contributed by atoms with Gasteiger partial charge in [-0.2, -0.15) is 0 Å². The summed E-state index contributed by atoms with van der Waals surface area (Å²) >= 11 is 0. The highest BCUT2D eigenvalue weighted by Crippen LogP contribution is 2.32. The average molecular weight is 286 g/mol. The summed E-state index contributed by atoms with van der Waals surface area (Å²) in [5.41, 5.74) is 8.51. The summed E-state index contributed by atoms with van der Waals surface area (Å²) in [4.78, 5) is 7.32. The molecule has 0 amide bonds. The Balaban J connectivity index is 1.99. The molecule has 1 fully saturated rings. The number of hydrogen-bond donors (Lipinski definition) is 1. The van der Waals surface area contributed by atoms with E-state index >= 15 is 0 Å². The highest BCUT2D eigenvalue weighted by molar-refractivity contribution is 5.56. The Kier molecular flexibility index (Phi) is 4.15. The van der Waals surface area contributed by atoms with Crippen LogP contribution >= 0.6 is 0 Å². The zero-order valence-corrected chi connectivity index (χ0v) is 13.1. The maximum absolute atomic E-state index is 6.22. The molecule has 0 saturated heterocycles. The van der Waals surface area contributed by atoms with Crippen LogP contribution in [0.3, 0.4) is 0 Å². The maximum Gasteiger partial charge on any atom is 0.151 e. The Morgan fingerprint density at radius 2 is 2.19 bits per heavy atom. The van der Waals surface area contributed by atoms with Crippen molar-refractivity contribution in [3.8, 4) is 0 Å². The molecule has 2 aromatic rings. The zero-order valence-electron chi connectivity index (χ0n) is 13.1. The lowest BCUT2D eigenvalue weighted by Crippen LogP contribution is -2.29. The molecule has 2 heterocycles. The van der Waals surface area contributed by atoms with Gasteiger partial charge in [-0.05, 0) is 44.2 Å². The number of rotatable bonds is 7. The van der Waals surface area contributed by atoms with Gasteiger partial charge in [-0.3, -0.25) is 0 Å². The quantitative estimate of drug-likeness (QED) is 0.851. The van der Waals surface area contributed by atoms with Crippen molar-refractivity contribution in [3.05, 3.63) is 30.1 Å². The molecule has 1 aliphatic carbocycles. The summed E-state index contributed by atoms with van der Waals surface area (Å²) in [6.07, 6.45) is 6.72. The Morgan fingerprint density at radius 1 is 1.38 bits per heavy atom. The van der Waals surface area contributed by atoms with Gasteiger partial charge in [0, 0.05) is 31.7 Å². The van der Waals surface area contributed by atoms with Crippen molar-refractivity contribution in [1.82, 2.24) is 9.38 Å². The van der Waals surface area contributed by atoms with Gasteiger partial charge < -0.3 is 15.0 Å². The van der Waals surface area contributed by atoms with Crippen molar-refractivity contribution in [2.24, 2.45) is 11.7 Å². The topological polar surface area (TPSA) is 46.6 Å². The second-order valence-electron chi connectivity index (χ2n) is 6.17. The minimum absolute atomic E-state index is 0.198. The van der Waals surface area contributed by atoms with Gasteiger partial charge in [0.05, 0.1) is 5.69 Å². The number of nitrogens with zero attached hydrogens (tertiary/aromatic N) is 3. The molecule has 0 aromatic carbocycles. The molecule has 3 rings (SSSR count). The first-order valence-electron chi connectivity index (χ1n) is 8.19. The average Bonchev–Trinajstić information content (AvgIpc) is 3.26. The van der Waals surface area contributed by atoms with Gasteiger partial charge in [-0.1, -0.05) is 13.0 Å². The highest BCUT2D eigenvalue weighted by atomic mass is 15.2. The number of aromatic nitrogens is 2. The van der Waals surface area contributed by atoms with Crippen molar-refractivity contribution >= 4 is 11.5 Å². The predicted octanol–water partition coefficient (Wildman–Crippen LogP) is 2.85. The fourth-order valence-electron chi connectivity index (χ4n) is 2.85. The Morgan fingerprint density at radius 3 is 2.86 bits per heavy atom. The molecule has 0 spiro atoms. The van der Waals surface area contributed by atoms with E-state index in [1.165, 1.54) is 18.5 Å². The normalized spacial score (nSPS) is 16.3. The van der Waals surface area contributed by atoms with Crippen molar-refractivity contribution < 1.29 is 0 Å². The molecular formula is C17H26N4. The van der Waals surface area contributed by atoms with Crippen molar-refractivity contribution in [2.45, 2.75) is 45.6 Å². The Bertz CT molecular complexity index is 600. The fraction of sp³-hybridized carbons (Fsp3) is 0.588. The van der Waals surface area contributed by atoms with E-state index in [9.17, 15) is 0 Å². The van der Waals surface area contributed by atoms with E-state index in [-0.39, 0.29) is 6.04 Å². The van der Waals surface area contributed by atoms with Crippen LogP contribution < -0.4 is 10.6 Å². The number of fused-ring (bicyclic) bond motifs is 1. The minimum Gasteiger partial charge on any atom is -0.355 e. The smallest absolute Gasteiger partial charge is 0.151 e. The molecule has 114 valence electrons. The van der Waals surface area contributed by atoms with Gasteiger partial charge in [0.25, 0.3) is 0 Å². The standard InChI is InChI=1S/C17H26N4/c1-3-14(18)11-15-17(20(4-2)12-13-8-9-13)19-16-7-5-6-10-21(15)16/h5-7,10,13-14H,3-4,8-9,11-12,18H2,1-2H3. The molecule has 21 heavy (non-hydrogen) atoms. The number of nitrogens with two attached hydrogens (primary N) is 1. The monoisotopic (exact) mass is 286 g/mol. The van der Waals surface area contributed by atoms with Gasteiger partial charge >= 0.3 is 0 Å². The molecule has 0 aliphatic heterocycles. The lowest BCUT2D eigenvalue weighted by molar-refractivity contribution is 0.629. The largest absolute Gasteiger partial charge is 0.355 e. The van der Waals surface area contributed by atoms with E-state index in [1.54, 1.807) is 0 Å². The third-order valence-electron chi connectivity index (χ3n) is 4.44. The second-order valence-corrected chi connectivity index (χ2v) is 6.17. The van der Waals surface area contributed by atoms with Crippen molar-refractivity contribution in [2.75, 3.05) is 18.0 Å². The summed E-state index contributed by atoms with van der Waals surface area (Å²) in [6.45, 7) is 6.51. The van der Waals surface area contributed by atoms with Gasteiger partial charge in [-0.15, -0.1) is 0 Å². The van der Waals surface area contributed by atoms with Crippen molar-refractivity contribution in [3.63, 3.8) is 0 Å². The molecule has 1 saturated carbocycles. The second kappa shape index (κ2) is 6.06. The summed E-state index contributed by atoms with van der Waals surface area (Å²) < 4.78 is 2.21.